The molecule has 34 heavy (non-hydrogen) atoms. The van der Waals surface area contributed by atoms with Crippen molar-refractivity contribution in [2.75, 3.05) is 13.2 Å². The summed E-state index contributed by atoms with van der Waals surface area (Å²) in [5.41, 5.74) is 2.48. The molecule has 0 saturated heterocycles. The van der Waals surface area contributed by atoms with Gasteiger partial charge >= 0.3 is 0 Å². The van der Waals surface area contributed by atoms with E-state index in [0.717, 1.165) is 55.1 Å². The van der Waals surface area contributed by atoms with E-state index < -0.39 is 0 Å². The van der Waals surface area contributed by atoms with Gasteiger partial charge in [0.15, 0.2) is 0 Å². The van der Waals surface area contributed by atoms with Crippen LogP contribution in [0.4, 0.5) is 0 Å². The van der Waals surface area contributed by atoms with Crippen LogP contribution in [0.5, 0.6) is 11.5 Å². The Balaban J connectivity index is 0.000000340. The van der Waals surface area contributed by atoms with Crippen molar-refractivity contribution in [3.05, 3.63) is 58.7 Å². The maximum absolute atomic E-state index is 10.7. The predicted molar refractivity (Wildman–Crippen MR) is 135 cm³/mol. The van der Waals surface area contributed by atoms with Crippen LogP contribution in [0.15, 0.2) is 36.4 Å². The van der Waals surface area contributed by atoms with Gasteiger partial charge in [-0.15, -0.1) is 0 Å². The van der Waals surface area contributed by atoms with Gasteiger partial charge in [0.05, 0.1) is 26.4 Å². The molecule has 0 amide bonds. The van der Waals surface area contributed by atoms with Crippen LogP contribution in [-0.4, -0.2) is 36.0 Å². The summed E-state index contributed by atoms with van der Waals surface area (Å²) in [6.07, 6.45) is 5.76. The van der Waals surface area contributed by atoms with Crippen molar-refractivity contribution in [3.63, 3.8) is 0 Å². The van der Waals surface area contributed by atoms with Crippen LogP contribution in [0.2, 0.25) is 0 Å². The van der Waals surface area contributed by atoms with Gasteiger partial charge in [0.25, 0.3) is 0 Å². The van der Waals surface area contributed by atoms with Gasteiger partial charge in [-0.3, -0.25) is 9.59 Å². The number of hydrogen-bond donors (Lipinski definition) is 2. The molecule has 0 unspecified atom stereocenters. The first-order chi connectivity index (χ1) is 16.5. The number of aliphatic hydroxyl groups excluding tert-OH is 2. The van der Waals surface area contributed by atoms with Crippen molar-refractivity contribution in [3.8, 4) is 11.5 Å². The van der Waals surface area contributed by atoms with E-state index in [2.05, 4.69) is 27.7 Å². The van der Waals surface area contributed by atoms with E-state index in [1.54, 1.807) is 24.3 Å². The molecule has 0 fully saturated rings. The van der Waals surface area contributed by atoms with Gasteiger partial charge < -0.3 is 19.7 Å². The second kappa shape index (κ2) is 16.8. The Bertz CT molecular complexity index is 807. The molecule has 0 heterocycles. The fourth-order valence-corrected chi connectivity index (χ4v) is 3.34. The molecule has 2 aromatic rings. The summed E-state index contributed by atoms with van der Waals surface area (Å²) in [7, 11) is 0. The Morgan fingerprint density at radius 2 is 1.03 bits per heavy atom. The quantitative estimate of drug-likeness (QED) is 0.347. The number of carbonyl (C=O) groups is 2. The summed E-state index contributed by atoms with van der Waals surface area (Å²) in [5, 5.41) is 18.2. The number of aliphatic hydroxyl groups is 2. The predicted octanol–water partition coefficient (Wildman–Crippen LogP) is 5.61. The van der Waals surface area contributed by atoms with E-state index in [4.69, 9.17) is 19.7 Å². The molecule has 2 rings (SSSR count). The Morgan fingerprint density at radius 1 is 0.647 bits per heavy atom. The second-order valence-corrected chi connectivity index (χ2v) is 8.36. The van der Waals surface area contributed by atoms with Crippen molar-refractivity contribution in [2.24, 2.45) is 11.8 Å². The Labute approximate surface area is 203 Å². The van der Waals surface area contributed by atoms with Gasteiger partial charge in [-0.25, -0.2) is 0 Å². The van der Waals surface area contributed by atoms with E-state index in [9.17, 15) is 9.59 Å². The Morgan fingerprint density at radius 3 is 1.35 bits per heavy atom. The summed E-state index contributed by atoms with van der Waals surface area (Å²) >= 11 is 0. The molecule has 0 radical (unpaired) electrons. The molecule has 6 nitrogen and oxygen atoms in total. The Hall–Kier alpha value is -2.70. The topological polar surface area (TPSA) is 93.1 Å². The highest BCUT2D eigenvalue weighted by Gasteiger charge is 2.07. The minimum absolute atomic E-state index is 0.0326. The highest BCUT2D eigenvalue weighted by molar-refractivity contribution is 5.83. The molecule has 0 aliphatic heterocycles. The fraction of sp³-hybridized carbons (Fsp3) is 0.500. The lowest BCUT2D eigenvalue weighted by Gasteiger charge is -2.15. The summed E-state index contributed by atoms with van der Waals surface area (Å²) in [6.45, 7) is 9.79. The highest BCUT2D eigenvalue weighted by atomic mass is 16.5. The van der Waals surface area contributed by atoms with Gasteiger partial charge in [-0.05, 0) is 53.3 Å². The lowest BCUT2D eigenvalue weighted by atomic mass is 10.1. The van der Waals surface area contributed by atoms with E-state index in [1.165, 1.54) is 0 Å². The maximum Gasteiger partial charge on any atom is 0.150 e. The van der Waals surface area contributed by atoms with Gasteiger partial charge in [0, 0.05) is 11.1 Å². The van der Waals surface area contributed by atoms with Gasteiger partial charge in [0.2, 0.25) is 0 Å². The first-order valence-corrected chi connectivity index (χ1v) is 12.1. The molecule has 0 aliphatic rings. The van der Waals surface area contributed by atoms with Crippen LogP contribution in [0.3, 0.4) is 0 Å². The average Bonchev–Trinajstić information content (AvgIpc) is 2.89. The smallest absolute Gasteiger partial charge is 0.150 e. The number of ether oxygens (including phenoxy) is 2. The number of hydrogen-bond acceptors (Lipinski definition) is 6. The highest BCUT2D eigenvalue weighted by Crippen LogP contribution is 2.20. The zero-order valence-electron chi connectivity index (χ0n) is 21.0. The minimum Gasteiger partial charge on any atom is -0.493 e. The zero-order valence-corrected chi connectivity index (χ0v) is 21.0. The molecule has 0 aliphatic carbocycles. The second-order valence-electron chi connectivity index (χ2n) is 8.36. The van der Waals surface area contributed by atoms with E-state index in [1.807, 2.05) is 12.1 Å². The molecule has 0 bridgehead atoms. The van der Waals surface area contributed by atoms with Crippen molar-refractivity contribution in [2.45, 2.75) is 66.6 Å². The van der Waals surface area contributed by atoms with Crippen molar-refractivity contribution in [1.29, 1.82) is 0 Å². The number of rotatable bonds is 14. The fourth-order valence-electron chi connectivity index (χ4n) is 3.34. The Kier molecular flexibility index (Phi) is 14.5. The average molecular weight is 473 g/mol. The molecule has 6 heteroatoms. The third-order valence-electron chi connectivity index (χ3n) is 5.90. The zero-order chi connectivity index (χ0) is 25.3. The number of aldehydes is 2. The number of carbonyl (C=O) groups excluding carboxylic acids is 2. The van der Waals surface area contributed by atoms with Gasteiger partial charge in [-0.2, -0.15) is 0 Å². The van der Waals surface area contributed by atoms with E-state index in [-0.39, 0.29) is 13.2 Å². The summed E-state index contributed by atoms with van der Waals surface area (Å²) in [4.78, 5) is 21.4. The maximum atomic E-state index is 10.7. The molecule has 0 saturated carbocycles. The molecule has 2 aromatic carbocycles. The largest absolute Gasteiger partial charge is 0.493 e. The molecule has 188 valence electrons. The number of benzene rings is 2. The van der Waals surface area contributed by atoms with E-state index in [0.29, 0.717) is 41.9 Å². The van der Waals surface area contributed by atoms with Crippen molar-refractivity contribution in [1.82, 2.24) is 0 Å². The lowest BCUT2D eigenvalue weighted by molar-refractivity contribution is 0.112. The van der Waals surface area contributed by atoms with Gasteiger partial charge in [-0.1, -0.05) is 59.4 Å². The summed E-state index contributed by atoms with van der Waals surface area (Å²) in [6, 6.07) is 10.3. The lowest BCUT2D eigenvalue weighted by Crippen LogP contribution is -2.10. The van der Waals surface area contributed by atoms with Crippen molar-refractivity contribution >= 4 is 12.6 Å². The standard InChI is InChI=1S/C14H22O3.C14H18O3/c2*1-3-11(4-2)10-17-14-6-12(8-15)5-13(7-14)9-16/h5-7,11,15-16H,3-4,8-10H2,1-2H3;5-9,11H,3-4,10H2,1-2H3. The van der Waals surface area contributed by atoms with Crippen LogP contribution in [-0.2, 0) is 13.2 Å². The summed E-state index contributed by atoms with van der Waals surface area (Å²) in [5.74, 6) is 2.39. The molecule has 0 aromatic heterocycles. The van der Waals surface area contributed by atoms with Crippen LogP contribution in [0, 0.1) is 11.8 Å². The minimum atomic E-state index is -0.0326. The summed E-state index contributed by atoms with van der Waals surface area (Å²) < 4.78 is 11.3. The van der Waals surface area contributed by atoms with Gasteiger partial charge in [0.1, 0.15) is 24.1 Å². The molecule has 0 atom stereocenters. The molecular weight excluding hydrogens is 432 g/mol. The first kappa shape index (κ1) is 29.3. The van der Waals surface area contributed by atoms with E-state index >= 15 is 0 Å². The molecule has 2 N–H and O–H groups in total. The molecule has 0 spiro atoms. The van der Waals surface area contributed by atoms with Crippen molar-refractivity contribution < 1.29 is 29.3 Å². The van der Waals surface area contributed by atoms with Crippen LogP contribution >= 0.6 is 0 Å². The SMILES string of the molecule is CCC(CC)COc1cc(C=O)cc(C=O)c1.CCC(CC)COc1cc(CO)cc(CO)c1. The van der Waals surface area contributed by atoms with Crippen LogP contribution in [0.1, 0.15) is 85.2 Å². The normalized spacial score (nSPS) is 10.6. The van der Waals surface area contributed by atoms with Crippen LogP contribution < -0.4 is 9.47 Å². The molecular formula is C28H40O6. The third-order valence-corrected chi connectivity index (χ3v) is 5.90. The third kappa shape index (κ3) is 10.5. The first-order valence-electron chi connectivity index (χ1n) is 12.1. The van der Waals surface area contributed by atoms with Crippen LogP contribution in [0.25, 0.3) is 0 Å². The monoisotopic (exact) mass is 472 g/mol.